The van der Waals surface area contributed by atoms with Crippen molar-refractivity contribution in [2.24, 2.45) is 0 Å². The maximum absolute atomic E-state index is 12.2. The number of hydrogen-bond donors (Lipinski definition) is 1. The summed E-state index contributed by atoms with van der Waals surface area (Å²) in [5.41, 5.74) is 0. The summed E-state index contributed by atoms with van der Waals surface area (Å²) in [4.78, 5) is -0.148. The Morgan fingerprint density at radius 3 is 2.25 bits per heavy atom. The molecule has 0 radical (unpaired) electrons. The summed E-state index contributed by atoms with van der Waals surface area (Å²) in [5.74, 6) is 0. The van der Waals surface area contributed by atoms with E-state index in [9.17, 15) is 21.4 Å². The molecule has 0 heterocycles. The molecule has 3 nitrogen and oxygen atoms in total. The van der Waals surface area contributed by atoms with Gasteiger partial charge in [0.05, 0.1) is 4.90 Å². The van der Waals surface area contributed by atoms with Crippen molar-refractivity contribution in [1.29, 1.82) is 0 Å². The van der Waals surface area contributed by atoms with E-state index in [1.165, 1.54) is 12.1 Å². The Kier molecular flexibility index (Phi) is 6.27. The van der Waals surface area contributed by atoms with Crippen molar-refractivity contribution < 1.29 is 72.7 Å². The van der Waals surface area contributed by atoms with E-state index in [0.717, 1.165) is 0 Å². The van der Waals surface area contributed by atoms with Crippen molar-refractivity contribution in [2.75, 3.05) is 6.44 Å². The van der Waals surface area contributed by atoms with Gasteiger partial charge in [-0.15, -0.1) is 0 Å². The zero-order chi connectivity index (χ0) is 14.1. The first-order valence-corrected chi connectivity index (χ1v) is 6.96. The Labute approximate surface area is 157 Å². The number of sulfonamides is 1. The molecule has 0 saturated carbocycles. The fraction of sp³-hybridized carbons (Fsp3) is 0.0909. The van der Waals surface area contributed by atoms with Gasteiger partial charge in [-0.3, -0.25) is 0 Å². The predicted molar refractivity (Wildman–Crippen MR) is 68.2 cm³/mol. The number of hydrogen-bond acceptors (Lipinski definition) is 2. The van der Waals surface area contributed by atoms with Crippen molar-refractivity contribution in [1.82, 2.24) is 4.72 Å². The van der Waals surface area contributed by atoms with Crippen LogP contribution >= 0.6 is 0 Å². The smallest absolute Gasteiger partial charge is 0.448 e. The van der Waals surface area contributed by atoms with Crippen molar-refractivity contribution in [3.63, 3.8) is 0 Å². The molecule has 0 amide bonds. The Bertz CT molecular complexity index is 701. The number of fused-ring (bicyclic) bond motifs is 1. The maximum Gasteiger partial charge on any atom is 1.00 e. The van der Waals surface area contributed by atoms with Gasteiger partial charge in [0.1, 0.15) is 0 Å². The van der Waals surface area contributed by atoms with Gasteiger partial charge in [-0.1, -0.05) is 36.4 Å². The molecule has 0 aliphatic heterocycles. The molecule has 1 N–H and O–H groups in total. The van der Waals surface area contributed by atoms with Crippen LogP contribution in [-0.2, 0) is 10.0 Å². The second-order valence-electron chi connectivity index (χ2n) is 4.04. The van der Waals surface area contributed by atoms with E-state index in [-0.39, 0.29) is 56.3 Å². The SMILES string of the molecule is O=S(=O)(NC[B-](F)(F)F)c1cccc2ccccc12.[K+]. The maximum atomic E-state index is 12.2. The van der Waals surface area contributed by atoms with Gasteiger partial charge in [0, 0.05) is 5.39 Å². The fourth-order valence-electron chi connectivity index (χ4n) is 1.71. The number of rotatable bonds is 4. The molecule has 20 heavy (non-hydrogen) atoms. The van der Waals surface area contributed by atoms with E-state index in [1.54, 1.807) is 35.1 Å². The Hall–Kier alpha value is 0.101. The Morgan fingerprint density at radius 2 is 1.60 bits per heavy atom. The first-order chi connectivity index (χ1) is 8.80. The van der Waals surface area contributed by atoms with Gasteiger partial charge < -0.3 is 12.9 Å². The van der Waals surface area contributed by atoms with Crippen LogP contribution in [0.1, 0.15) is 0 Å². The van der Waals surface area contributed by atoms with Gasteiger partial charge >= 0.3 is 58.4 Å². The largest absolute Gasteiger partial charge is 1.00 e. The zero-order valence-electron chi connectivity index (χ0n) is 10.7. The molecule has 0 bridgehead atoms. The summed E-state index contributed by atoms with van der Waals surface area (Å²) < 4.78 is 61.8. The van der Waals surface area contributed by atoms with Crippen LogP contribution in [0.3, 0.4) is 0 Å². The van der Waals surface area contributed by atoms with Crippen LogP contribution < -0.4 is 56.1 Å². The molecular formula is C11H10BF3KNO2S. The van der Waals surface area contributed by atoms with Crippen LogP contribution in [0.15, 0.2) is 47.4 Å². The summed E-state index contributed by atoms with van der Waals surface area (Å²) in [7, 11) is -4.17. The summed E-state index contributed by atoms with van der Waals surface area (Å²) >= 11 is 0. The van der Waals surface area contributed by atoms with Gasteiger partial charge in [-0.05, 0) is 17.9 Å². The van der Waals surface area contributed by atoms with Gasteiger partial charge in [0.25, 0.3) is 0 Å². The van der Waals surface area contributed by atoms with Crippen molar-refractivity contribution in [2.45, 2.75) is 4.90 Å². The zero-order valence-corrected chi connectivity index (χ0v) is 14.6. The van der Waals surface area contributed by atoms with Gasteiger partial charge in [-0.25, -0.2) is 13.1 Å². The van der Waals surface area contributed by atoms with E-state index in [2.05, 4.69) is 0 Å². The molecule has 0 atom stereocenters. The van der Waals surface area contributed by atoms with Crippen LogP contribution in [0.5, 0.6) is 0 Å². The van der Waals surface area contributed by atoms with Crippen LogP contribution in [0, 0.1) is 0 Å². The standard InChI is InChI=1S/C11H10BF3NO2S.K/c13-12(14,15)8-16-19(17,18)11-7-3-5-9-4-1-2-6-10(9)11;/h1-7,16H,8H2;/q-1;+1. The number of nitrogens with one attached hydrogen (secondary N) is 1. The fourth-order valence-corrected chi connectivity index (χ4v) is 3.01. The molecule has 0 saturated heterocycles. The molecule has 2 aromatic carbocycles. The summed E-state index contributed by atoms with van der Waals surface area (Å²) in [6, 6.07) is 11.1. The van der Waals surface area contributed by atoms with Gasteiger partial charge in [-0.2, -0.15) is 0 Å². The van der Waals surface area contributed by atoms with E-state index >= 15 is 0 Å². The molecular weight excluding hydrogens is 317 g/mol. The van der Waals surface area contributed by atoms with Crippen LogP contribution in [-0.4, -0.2) is 21.8 Å². The van der Waals surface area contributed by atoms with Crippen molar-refractivity contribution >= 4 is 27.8 Å². The minimum absolute atomic E-state index is 0. The topological polar surface area (TPSA) is 46.2 Å². The van der Waals surface area contributed by atoms with Crippen molar-refractivity contribution in [3.8, 4) is 0 Å². The minimum atomic E-state index is -5.20. The average Bonchev–Trinajstić information content (AvgIpc) is 2.35. The second-order valence-corrected chi connectivity index (χ2v) is 5.77. The molecule has 0 fully saturated rings. The molecule has 0 aliphatic rings. The monoisotopic (exact) mass is 327 g/mol. The molecule has 2 rings (SSSR count). The molecule has 102 valence electrons. The molecule has 0 spiro atoms. The Morgan fingerprint density at radius 1 is 1.00 bits per heavy atom. The third-order valence-electron chi connectivity index (χ3n) is 2.54. The molecule has 0 aliphatic carbocycles. The summed E-state index contributed by atoms with van der Waals surface area (Å²) in [5, 5.41) is 1.05. The van der Waals surface area contributed by atoms with Gasteiger partial charge in [0.15, 0.2) is 0 Å². The molecule has 2 aromatic rings. The minimum Gasteiger partial charge on any atom is -0.448 e. The normalized spacial score (nSPS) is 12.2. The Balaban J connectivity index is 0.00000200. The van der Waals surface area contributed by atoms with Gasteiger partial charge in [0.2, 0.25) is 10.0 Å². The van der Waals surface area contributed by atoms with E-state index in [1.807, 2.05) is 0 Å². The predicted octanol–water partition coefficient (Wildman–Crippen LogP) is -0.491. The molecule has 0 aromatic heterocycles. The average molecular weight is 327 g/mol. The van der Waals surface area contributed by atoms with Crippen LogP contribution in [0.25, 0.3) is 10.8 Å². The van der Waals surface area contributed by atoms with Crippen LogP contribution in [0.2, 0.25) is 0 Å². The summed E-state index contributed by atoms with van der Waals surface area (Å²) in [6.07, 6.45) is -1.52. The first kappa shape index (κ1) is 18.2. The molecule has 9 heteroatoms. The summed E-state index contributed by atoms with van der Waals surface area (Å²) in [6.45, 7) is -5.20. The van der Waals surface area contributed by atoms with Crippen molar-refractivity contribution in [3.05, 3.63) is 42.5 Å². The van der Waals surface area contributed by atoms with E-state index < -0.39 is 23.4 Å². The third kappa shape index (κ3) is 4.55. The van der Waals surface area contributed by atoms with E-state index in [4.69, 9.17) is 0 Å². The third-order valence-corrected chi connectivity index (χ3v) is 4.03. The van der Waals surface area contributed by atoms with Crippen LogP contribution in [0.4, 0.5) is 12.9 Å². The molecule has 0 unspecified atom stereocenters. The van der Waals surface area contributed by atoms with E-state index in [0.29, 0.717) is 10.8 Å². The first-order valence-electron chi connectivity index (χ1n) is 5.48. The number of halogens is 3. The quantitative estimate of drug-likeness (QED) is 0.771. The second kappa shape index (κ2) is 6.91. The number of benzene rings is 2.